The molecular weight excluding hydrogens is 322 g/mol. The quantitative estimate of drug-likeness (QED) is 0.697. The van der Waals surface area contributed by atoms with Gasteiger partial charge in [-0.2, -0.15) is 5.26 Å². The number of fused-ring (bicyclic) bond motifs is 2. The molecule has 0 amide bonds. The van der Waals surface area contributed by atoms with Crippen molar-refractivity contribution in [2.75, 3.05) is 6.61 Å². The van der Waals surface area contributed by atoms with E-state index in [0.29, 0.717) is 23.0 Å². The lowest BCUT2D eigenvalue weighted by Gasteiger charge is -2.16. The van der Waals surface area contributed by atoms with Crippen LogP contribution in [0.4, 0.5) is 0 Å². The van der Waals surface area contributed by atoms with Crippen LogP contribution in [0.25, 0.3) is 22.7 Å². The van der Waals surface area contributed by atoms with Crippen molar-refractivity contribution in [2.24, 2.45) is 0 Å². The van der Waals surface area contributed by atoms with Crippen LogP contribution in [0.15, 0.2) is 54.1 Å². The van der Waals surface area contributed by atoms with Gasteiger partial charge in [-0.1, -0.05) is 23.7 Å². The molecule has 0 bridgehead atoms. The summed E-state index contributed by atoms with van der Waals surface area (Å²) in [7, 11) is 0. The van der Waals surface area contributed by atoms with Crippen LogP contribution in [0.3, 0.4) is 0 Å². The number of hydrogen-bond acceptors (Lipinski definition) is 3. The number of rotatable bonds is 2. The van der Waals surface area contributed by atoms with Gasteiger partial charge in [-0.05, 0) is 48.1 Å². The number of aromatic nitrogens is 2. The summed E-state index contributed by atoms with van der Waals surface area (Å²) in [5, 5.41) is 10.2. The Kier molecular flexibility index (Phi) is 3.56. The molecule has 4 rings (SSSR count). The maximum atomic E-state index is 9.51. The van der Waals surface area contributed by atoms with Gasteiger partial charge in [0.1, 0.15) is 24.3 Å². The maximum Gasteiger partial charge on any atom is 0.149 e. The highest BCUT2D eigenvalue weighted by atomic mass is 35.5. The molecule has 4 nitrogen and oxygen atoms in total. The number of nitriles is 1. The number of aromatic amines is 1. The Hall–Kier alpha value is -3.03. The fourth-order valence-electron chi connectivity index (χ4n) is 2.67. The largest absolute Gasteiger partial charge is 0.488 e. The van der Waals surface area contributed by atoms with Gasteiger partial charge in [0, 0.05) is 10.6 Å². The summed E-state index contributed by atoms with van der Waals surface area (Å²) in [6, 6.07) is 15.4. The second-order valence-corrected chi connectivity index (χ2v) is 5.90. The number of hydrogen-bond donors (Lipinski definition) is 1. The molecule has 0 aliphatic carbocycles. The second kappa shape index (κ2) is 5.88. The molecule has 0 spiro atoms. The summed E-state index contributed by atoms with van der Waals surface area (Å²) in [5.74, 6) is 1.34. The van der Waals surface area contributed by atoms with E-state index in [1.54, 1.807) is 12.1 Å². The number of para-hydroxylation sites is 2. The molecule has 1 aliphatic heterocycles. The van der Waals surface area contributed by atoms with Crippen molar-refractivity contribution in [3.8, 4) is 11.8 Å². The SMILES string of the molecule is N#C/C(=C/C1=Cc2cc(Cl)ccc2OC1)c1nc2ccccc2[nH]1. The van der Waals surface area contributed by atoms with Gasteiger partial charge in [-0.25, -0.2) is 4.98 Å². The third-order valence-corrected chi connectivity index (χ3v) is 4.04. The fourth-order valence-corrected chi connectivity index (χ4v) is 2.85. The van der Waals surface area contributed by atoms with Crippen molar-refractivity contribution in [3.63, 3.8) is 0 Å². The average Bonchev–Trinajstić information content (AvgIpc) is 3.03. The molecule has 3 aromatic rings. The van der Waals surface area contributed by atoms with Gasteiger partial charge >= 0.3 is 0 Å². The van der Waals surface area contributed by atoms with E-state index in [1.165, 1.54) is 0 Å². The molecule has 24 heavy (non-hydrogen) atoms. The fraction of sp³-hybridized carbons (Fsp3) is 0.0526. The molecule has 0 radical (unpaired) electrons. The number of ether oxygens (including phenoxy) is 1. The highest BCUT2D eigenvalue weighted by Gasteiger charge is 2.13. The number of H-pyrrole nitrogens is 1. The molecule has 116 valence electrons. The van der Waals surface area contributed by atoms with Crippen molar-refractivity contribution in [3.05, 3.63) is 70.5 Å². The van der Waals surface area contributed by atoms with E-state index < -0.39 is 0 Å². The van der Waals surface area contributed by atoms with Crippen LogP contribution in [-0.2, 0) is 0 Å². The third kappa shape index (κ3) is 2.66. The minimum atomic E-state index is 0.403. The standard InChI is InChI=1S/C19H12ClN3O/c20-15-5-6-18-13(9-15)7-12(11-24-18)8-14(10-21)19-22-16-3-1-2-4-17(16)23-19/h1-9H,11H2,(H,22,23)/b14-8-. The first-order chi connectivity index (χ1) is 11.7. The van der Waals surface area contributed by atoms with E-state index in [-0.39, 0.29) is 0 Å². The Labute approximate surface area is 143 Å². The zero-order chi connectivity index (χ0) is 16.5. The lowest BCUT2D eigenvalue weighted by atomic mass is 10.1. The first-order valence-electron chi connectivity index (χ1n) is 7.43. The topological polar surface area (TPSA) is 61.7 Å². The van der Waals surface area contributed by atoms with Crippen LogP contribution in [0.2, 0.25) is 5.02 Å². The third-order valence-electron chi connectivity index (χ3n) is 3.80. The van der Waals surface area contributed by atoms with E-state index in [1.807, 2.05) is 42.5 Å². The lowest BCUT2D eigenvalue weighted by molar-refractivity contribution is 0.351. The highest BCUT2D eigenvalue weighted by Crippen LogP contribution is 2.30. The second-order valence-electron chi connectivity index (χ2n) is 5.46. The summed E-state index contributed by atoms with van der Waals surface area (Å²) in [6.07, 6.45) is 3.77. The van der Waals surface area contributed by atoms with Crippen LogP contribution in [0.5, 0.6) is 5.75 Å². The summed E-state index contributed by atoms with van der Waals surface area (Å²) >= 11 is 6.03. The minimum Gasteiger partial charge on any atom is -0.488 e. The predicted molar refractivity (Wildman–Crippen MR) is 94.6 cm³/mol. The van der Waals surface area contributed by atoms with Crippen molar-refractivity contribution in [1.82, 2.24) is 9.97 Å². The van der Waals surface area contributed by atoms with E-state index in [0.717, 1.165) is 27.9 Å². The first kappa shape index (κ1) is 14.6. The van der Waals surface area contributed by atoms with Gasteiger partial charge in [-0.3, -0.25) is 0 Å². The molecule has 5 heteroatoms. The van der Waals surface area contributed by atoms with Crippen LogP contribution in [0, 0.1) is 11.3 Å². The summed E-state index contributed by atoms with van der Waals surface area (Å²) in [4.78, 5) is 7.65. The van der Waals surface area contributed by atoms with Gasteiger partial charge < -0.3 is 9.72 Å². The van der Waals surface area contributed by atoms with Gasteiger partial charge in [0.2, 0.25) is 0 Å². The van der Waals surface area contributed by atoms with Crippen LogP contribution in [0.1, 0.15) is 11.4 Å². The van der Waals surface area contributed by atoms with E-state index in [2.05, 4.69) is 16.0 Å². The molecule has 1 N–H and O–H groups in total. The smallest absolute Gasteiger partial charge is 0.149 e. The first-order valence-corrected chi connectivity index (χ1v) is 7.80. The molecule has 0 unspecified atom stereocenters. The Morgan fingerprint density at radius 3 is 3.00 bits per heavy atom. The normalized spacial score (nSPS) is 13.8. The number of nitrogens with zero attached hydrogens (tertiary/aromatic N) is 2. The average molecular weight is 334 g/mol. The maximum absolute atomic E-state index is 9.51. The summed E-state index contributed by atoms with van der Waals surface area (Å²) < 4.78 is 5.72. The molecule has 2 aromatic carbocycles. The van der Waals surface area contributed by atoms with Gasteiger partial charge in [0.15, 0.2) is 0 Å². The van der Waals surface area contributed by atoms with Crippen molar-refractivity contribution in [1.29, 1.82) is 5.26 Å². The number of halogens is 1. The minimum absolute atomic E-state index is 0.403. The van der Waals surface area contributed by atoms with Crippen molar-refractivity contribution >= 4 is 34.3 Å². The van der Waals surface area contributed by atoms with E-state index in [4.69, 9.17) is 16.3 Å². The molecule has 0 saturated heterocycles. The van der Waals surface area contributed by atoms with Crippen LogP contribution < -0.4 is 4.74 Å². The molecular formula is C19H12ClN3O. The molecule has 1 aromatic heterocycles. The van der Waals surface area contributed by atoms with Crippen molar-refractivity contribution < 1.29 is 4.74 Å². The Morgan fingerprint density at radius 2 is 2.17 bits per heavy atom. The van der Waals surface area contributed by atoms with E-state index >= 15 is 0 Å². The Bertz CT molecular complexity index is 1010. The lowest BCUT2D eigenvalue weighted by Crippen LogP contribution is -2.06. The summed E-state index contributed by atoms with van der Waals surface area (Å²) in [6.45, 7) is 0.403. The highest BCUT2D eigenvalue weighted by molar-refractivity contribution is 6.30. The molecule has 0 atom stereocenters. The van der Waals surface area contributed by atoms with Crippen LogP contribution in [-0.4, -0.2) is 16.6 Å². The van der Waals surface area contributed by atoms with Gasteiger partial charge in [-0.15, -0.1) is 0 Å². The van der Waals surface area contributed by atoms with Crippen molar-refractivity contribution in [2.45, 2.75) is 0 Å². The number of nitrogens with one attached hydrogen (secondary N) is 1. The molecule has 0 saturated carbocycles. The molecule has 0 fully saturated rings. The zero-order valence-electron chi connectivity index (χ0n) is 12.6. The monoisotopic (exact) mass is 333 g/mol. The van der Waals surface area contributed by atoms with Gasteiger partial charge in [0.05, 0.1) is 16.6 Å². The number of imidazole rings is 1. The summed E-state index contributed by atoms with van der Waals surface area (Å²) in [5.41, 5.74) is 3.99. The number of allylic oxidation sites excluding steroid dienone is 1. The van der Waals surface area contributed by atoms with Crippen LogP contribution >= 0.6 is 11.6 Å². The van der Waals surface area contributed by atoms with Gasteiger partial charge in [0.25, 0.3) is 0 Å². The Morgan fingerprint density at radius 1 is 1.29 bits per heavy atom. The number of benzene rings is 2. The predicted octanol–water partition coefficient (Wildman–Crippen LogP) is 4.60. The molecule has 2 heterocycles. The van der Waals surface area contributed by atoms with E-state index in [9.17, 15) is 5.26 Å². The molecule has 1 aliphatic rings. The Balaban J connectivity index is 1.74. The zero-order valence-corrected chi connectivity index (χ0v) is 13.3.